The molecular weight excluding hydrogens is 197 g/mol. The number of carbonyl (C=O) groups is 1. The van der Waals surface area contributed by atoms with E-state index in [9.17, 15) is 9.18 Å². The lowest BCUT2D eigenvalue weighted by Crippen LogP contribution is -1.98. The molecule has 1 aromatic carbocycles. The van der Waals surface area contributed by atoms with Crippen LogP contribution < -0.4 is 0 Å². The molecule has 76 valence electrons. The summed E-state index contributed by atoms with van der Waals surface area (Å²) in [6.45, 7) is 1.71. The Kier molecular flexibility index (Phi) is 3.19. The van der Waals surface area contributed by atoms with E-state index in [2.05, 4.69) is 0 Å². The van der Waals surface area contributed by atoms with Crippen molar-refractivity contribution in [3.8, 4) is 6.07 Å². The van der Waals surface area contributed by atoms with Gasteiger partial charge in [0.2, 0.25) is 0 Å². The second-order valence-electron chi connectivity index (χ2n) is 2.98. The molecule has 15 heavy (non-hydrogen) atoms. The third kappa shape index (κ3) is 2.64. The largest absolute Gasteiger partial charge is 0.477 e. The van der Waals surface area contributed by atoms with Crippen LogP contribution in [0.4, 0.5) is 4.39 Å². The number of hydrogen-bond acceptors (Lipinski definition) is 2. The Labute approximate surface area is 86.1 Å². The van der Waals surface area contributed by atoms with Crippen molar-refractivity contribution in [3.05, 3.63) is 40.7 Å². The van der Waals surface area contributed by atoms with Crippen molar-refractivity contribution in [3.63, 3.8) is 0 Å². The van der Waals surface area contributed by atoms with E-state index in [1.165, 1.54) is 24.3 Å². The van der Waals surface area contributed by atoms with E-state index in [1.807, 2.05) is 0 Å². The molecule has 0 atom stereocenters. The van der Waals surface area contributed by atoms with Gasteiger partial charge in [-0.05, 0) is 36.3 Å². The first-order chi connectivity index (χ1) is 7.04. The fraction of sp³-hybridized carbons (Fsp3) is 0.0909. The van der Waals surface area contributed by atoms with Gasteiger partial charge in [-0.3, -0.25) is 0 Å². The lowest BCUT2D eigenvalue weighted by Gasteiger charge is -2.00. The first-order valence-electron chi connectivity index (χ1n) is 4.16. The molecule has 0 aliphatic carbocycles. The zero-order valence-electron chi connectivity index (χ0n) is 7.99. The number of nitrogens with zero attached hydrogens (tertiary/aromatic N) is 1. The van der Waals surface area contributed by atoms with E-state index in [4.69, 9.17) is 10.4 Å². The summed E-state index contributed by atoms with van der Waals surface area (Å²) in [6.07, 6.45) is 1.15. The first kappa shape index (κ1) is 10.9. The maximum atomic E-state index is 12.8. The monoisotopic (exact) mass is 205 g/mol. The smallest absolute Gasteiger partial charge is 0.346 e. The number of hydrogen-bond donors (Lipinski definition) is 1. The van der Waals surface area contributed by atoms with Crippen LogP contribution >= 0.6 is 0 Å². The summed E-state index contributed by atoms with van der Waals surface area (Å²) in [5, 5.41) is 17.1. The van der Waals surface area contributed by atoms with E-state index in [0.717, 1.165) is 6.08 Å². The summed E-state index contributed by atoms with van der Waals surface area (Å²) in [6, 6.07) is 5.53. The predicted octanol–water partition coefficient (Wildman–Crippen LogP) is 2.13. The Morgan fingerprint density at radius 2 is 2.27 bits per heavy atom. The quantitative estimate of drug-likeness (QED) is 0.594. The van der Waals surface area contributed by atoms with Crippen LogP contribution in [-0.4, -0.2) is 11.1 Å². The van der Waals surface area contributed by atoms with Gasteiger partial charge in [0.25, 0.3) is 0 Å². The highest BCUT2D eigenvalue weighted by molar-refractivity contribution is 5.96. The van der Waals surface area contributed by atoms with Crippen molar-refractivity contribution in [2.75, 3.05) is 0 Å². The summed E-state index contributed by atoms with van der Waals surface area (Å²) in [5.41, 5.74) is 0.697. The minimum Gasteiger partial charge on any atom is -0.477 e. The minimum atomic E-state index is -1.32. The van der Waals surface area contributed by atoms with E-state index in [0.29, 0.717) is 11.1 Å². The van der Waals surface area contributed by atoms with Crippen LogP contribution in [0.2, 0.25) is 0 Å². The van der Waals surface area contributed by atoms with Crippen LogP contribution in [0.5, 0.6) is 0 Å². The molecule has 1 rings (SSSR count). The van der Waals surface area contributed by atoms with Crippen LogP contribution in [-0.2, 0) is 4.79 Å². The summed E-state index contributed by atoms with van der Waals surface area (Å²) < 4.78 is 12.8. The van der Waals surface area contributed by atoms with Crippen molar-refractivity contribution in [1.82, 2.24) is 0 Å². The fourth-order valence-corrected chi connectivity index (χ4v) is 1.06. The van der Waals surface area contributed by atoms with E-state index < -0.39 is 17.4 Å². The maximum Gasteiger partial charge on any atom is 0.346 e. The molecule has 0 aromatic heterocycles. The van der Waals surface area contributed by atoms with Gasteiger partial charge in [-0.15, -0.1) is 0 Å². The van der Waals surface area contributed by atoms with E-state index >= 15 is 0 Å². The van der Waals surface area contributed by atoms with Crippen molar-refractivity contribution in [1.29, 1.82) is 5.26 Å². The highest BCUT2D eigenvalue weighted by Crippen LogP contribution is 2.14. The van der Waals surface area contributed by atoms with Gasteiger partial charge in [0.15, 0.2) is 0 Å². The van der Waals surface area contributed by atoms with Crippen LogP contribution in [0.1, 0.15) is 11.1 Å². The minimum absolute atomic E-state index is 0.397. The number of nitriles is 1. The van der Waals surface area contributed by atoms with Gasteiger partial charge in [-0.2, -0.15) is 5.26 Å². The average molecular weight is 205 g/mol. The van der Waals surface area contributed by atoms with Crippen LogP contribution in [0.3, 0.4) is 0 Å². The molecule has 0 fully saturated rings. The summed E-state index contributed by atoms with van der Waals surface area (Å²) in [4.78, 5) is 10.5. The highest BCUT2D eigenvalue weighted by atomic mass is 19.1. The van der Waals surface area contributed by atoms with E-state index in [1.54, 1.807) is 6.92 Å². The molecule has 0 saturated heterocycles. The molecular formula is C11H8FNO2. The SMILES string of the molecule is Cc1ccc(F)cc1/C=C(/C#N)C(=O)O. The second kappa shape index (κ2) is 4.38. The maximum absolute atomic E-state index is 12.8. The van der Waals surface area contributed by atoms with Crippen LogP contribution in [0, 0.1) is 24.1 Å². The predicted molar refractivity (Wildman–Crippen MR) is 52.4 cm³/mol. The van der Waals surface area contributed by atoms with Gasteiger partial charge in [0.05, 0.1) is 0 Å². The molecule has 0 spiro atoms. The first-order valence-corrected chi connectivity index (χ1v) is 4.16. The third-order valence-corrected chi connectivity index (χ3v) is 1.89. The van der Waals surface area contributed by atoms with Gasteiger partial charge in [-0.25, -0.2) is 9.18 Å². The molecule has 0 aliphatic heterocycles. The number of rotatable bonds is 2. The molecule has 1 N–H and O–H groups in total. The van der Waals surface area contributed by atoms with Gasteiger partial charge >= 0.3 is 5.97 Å². The van der Waals surface area contributed by atoms with Crippen molar-refractivity contribution in [2.24, 2.45) is 0 Å². The number of aryl methyl sites for hydroxylation is 1. The average Bonchev–Trinajstić information content (AvgIpc) is 2.18. The Morgan fingerprint density at radius 3 is 2.80 bits per heavy atom. The molecule has 0 saturated carbocycles. The van der Waals surface area contributed by atoms with Crippen LogP contribution in [0.15, 0.2) is 23.8 Å². The van der Waals surface area contributed by atoms with Crippen molar-refractivity contribution >= 4 is 12.0 Å². The normalized spacial score (nSPS) is 10.9. The van der Waals surface area contributed by atoms with Gasteiger partial charge < -0.3 is 5.11 Å². The number of halogens is 1. The highest BCUT2D eigenvalue weighted by Gasteiger charge is 2.07. The Morgan fingerprint density at radius 1 is 1.60 bits per heavy atom. The zero-order chi connectivity index (χ0) is 11.4. The molecule has 0 unspecified atom stereocenters. The zero-order valence-corrected chi connectivity index (χ0v) is 7.99. The third-order valence-electron chi connectivity index (χ3n) is 1.89. The van der Waals surface area contributed by atoms with Crippen molar-refractivity contribution in [2.45, 2.75) is 6.92 Å². The molecule has 0 bridgehead atoms. The van der Waals surface area contributed by atoms with Gasteiger partial charge in [0.1, 0.15) is 17.5 Å². The Balaban J connectivity index is 3.23. The van der Waals surface area contributed by atoms with Gasteiger partial charge in [0, 0.05) is 0 Å². The second-order valence-corrected chi connectivity index (χ2v) is 2.98. The lowest BCUT2D eigenvalue weighted by atomic mass is 10.1. The summed E-state index contributed by atoms with van der Waals surface area (Å²) in [7, 11) is 0. The number of benzene rings is 1. The molecule has 1 aromatic rings. The molecule has 3 nitrogen and oxygen atoms in total. The summed E-state index contributed by atoms with van der Waals surface area (Å²) in [5.74, 6) is -1.78. The molecule has 0 heterocycles. The topological polar surface area (TPSA) is 61.1 Å². The number of carboxylic acid groups (broad SMARTS) is 1. The molecule has 0 aliphatic rings. The Hall–Kier alpha value is -2.15. The fourth-order valence-electron chi connectivity index (χ4n) is 1.06. The van der Waals surface area contributed by atoms with Crippen molar-refractivity contribution < 1.29 is 14.3 Å². The van der Waals surface area contributed by atoms with E-state index in [-0.39, 0.29) is 0 Å². The lowest BCUT2D eigenvalue weighted by molar-refractivity contribution is -0.132. The number of aliphatic carboxylic acids is 1. The molecule has 0 radical (unpaired) electrons. The van der Waals surface area contributed by atoms with Crippen LogP contribution in [0.25, 0.3) is 6.08 Å². The Bertz CT molecular complexity index is 472. The van der Waals surface area contributed by atoms with Gasteiger partial charge in [-0.1, -0.05) is 6.07 Å². The molecule has 0 amide bonds. The summed E-state index contributed by atoms with van der Waals surface area (Å²) >= 11 is 0. The standard InChI is InChI=1S/C11H8FNO2/c1-7-2-3-10(12)5-8(7)4-9(6-13)11(14)15/h2-5H,1H3,(H,14,15)/b9-4-. The molecule has 4 heteroatoms. The number of carboxylic acids is 1.